The van der Waals surface area contributed by atoms with Crippen LogP contribution in [0.15, 0.2) is 35.1 Å². The monoisotopic (exact) mass is 346 g/mol. The molecule has 0 N–H and O–H groups in total. The summed E-state index contributed by atoms with van der Waals surface area (Å²) in [7, 11) is 0. The van der Waals surface area contributed by atoms with Gasteiger partial charge in [-0.1, -0.05) is 29.8 Å². The van der Waals surface area contributed by atoms with Crippen molar-refractivity contribution in [2.75, 3.05) is 0 Å². The van der Waals surface area contributed by atoms with E-state index in [4.69, 9.17) is 4.74 Å². The number of aryl methyl sites for hydroxylation is 1. The predicted octanol–water partition coefficient (Wildman–Crippen LogP) is 4.11. The van der Waals surface area contributed by atoms with Crippen molar-refractivity contribution in [1.82, 2.24) is 19.6 Å². The van der Waals surface area contributed by atoms with E-state index in [1.807, 2.05) is 25.1 Å². The first-order valence-corrected chi connectivity index (χ1v) is 7.48. The van der Waals surface area contributed by atoms with Crippen molar-refractivity contribution in [1.29, 1.82) is 0 Å². The van der Waals surface area contributed by atoms with E-state index >= 15 is 0 Å². The van der Waals surface area contributed by atoms with Crippen LogP contribution in [0.5, 0.6) is 11.6 Å². The van der Waals surface area contributed by atoms with Gasteiger partial charge in [0.25, 0.3) is 5.78 Å². The quantitative estimate of drug-likeness (QED) is 0.715. The highest BCUT2D eigenvalue weighted by molar-refractivity contribution is 9.10. The molecule has 0 atom stereocenters. The minimum Gasteiger partial charge on any atom is -0.439 e. The van der Waals surface area contributed by atoms with Crippen molar-refractivity contribution in [2.45, 2.75) is 26.7 Å². The number of aromatic nitrogens is 4. The Kier molecular flexibility index (Phi) is 3.63. The largest absolute Gasteiger partial charge is 0.439 e. The van der Waals surface area contributed by atoms with Crippen LogP contribution in [0.1, 0.15) is 31.0 Å². The van der Waals surface area contributed by atoms with Crippen LogP contribution in [-0.2, 0) is 0 Å². The van der Waals surface area contributed by atoms with E-state index in [0.717, 1.165) is 21.5 Å². The number of rotatable bonds is 3. The lowest BCUT2D eigenvalue weighted by atomic mass is 10.0. The van der Waals surface area contributed by atoms with Gasteiger partial charge in [0.05, 0.1) is 0 Å². The first-order valence-electron chi connectivity index (χ1n) is 6.69. The van der Waals surface area contributed by atoms with Gasteiger partial charge in [-0.15, -0.1) is 0 Å². The first-order chi connectivity index (χ1) is 10.0. The summed E-state index contributed by atoms with van der Waals surface area (Å²) in [6, 6.07) is 7.85. The van der Waals surface area contributed by atoms with E-state index in [1.54, 1.807) is 4.52 Å². The molecule has 0 aliphatic carbocycles. The Labute approximate surface area is 131 Å². The van der Waals surface area contributed by atoms with E-state index < -0.39 is 0 Å². The van der Waals surface area contributed by atoms with Crippen LogP contribution in [-0.4, -0.2) is 19.6 Å². The average Bonchev–Trinajstić information content (AvgIpc) is 2.88. The smallest absolute Gasteiger partial charge is 0.255 e. The van der Waals surface area contributed by atoms with Gasteiger partial charge in [-0.25, -0.2) is 4.98 Å². The third kappa shape index (κ3) is 2.76. The zero-order valence-electron chi connectivity index (χ0n) is 12.0. The minimum absolute atomic E-state index is 0.353. The molecule has 0 aliphatic rings. The van der Waals surface area contributed by atoms with Gasteiger partial charge in [0.15, 0.2) is 0 Å². The van der Waals surface area contributed by atoms with E-state index in [0.29, 0.717) is 17.6 Å². The molecule has 5 nitrogen and oxygen atoms in total. The van der Waals surface area contributed by atoms with Crippen LogP contribution >= 0.6 is 15.9 Å². The number of hydrogen-bond acceptors (Lipinski definition) is 4. The predicted molar refractivity (Wildman–Crippen MR) is 83.8 cm³/mol. The Balaban J connectivity index is 2.08. The van der Waals surface area contributed by atoms with E-state index in [9.17, 15) is 0 Å². The zero-order valence-corrected chi connectivity index (χ0v) is 13.6. The molecule has 1 aromatic carbocycles. The van der Waals surface area contributed by atoms with Crippen molar-refractivity contribution < 1.29 is 4.74 Å². The fourth-order valence-corrected chi connectivity index (χ4v) is 2.52. The molecule has 2 aromatic heterocycles. The van der Waals surface area contributed by atoms with Gasteiger partial charge >= 0.3 is 0 Å². The SMILES string of the molecule is Cc1cc(Oc2ccc(Br)cc2C(C)C)n2ncnc2n1. The lowest BCUT2D eigenvalue weighted by Crippen LogP contribution is -2.01. The maximum atomic E-state index is 6.08. The molecule has 0 amide bonds. The molecule has 6 heteroatoms. The standard InChI is InChI=1S/C15H15BrN4O/c1-9(2)12-7-11(16)4-5-13(12)21-14-6-10(3)19-15-17-8-18-20(14)15/h4-9H,1-3H3. The Morgan fingerprint density at radius 3 is 2.81 bits per heavy atom. The summed E-state index contributed by atoms with van der Waals surface area (Å²) in [5.41, 5.74) is 1.97. The van der Waals surface area contributed by atoms with E-state index in [1.165, 1.54) is 6.33 Å². The van der Waals surface area contributed by atoms with Gasteiger partial charge in [0, 0.05) is 16.2 Å². The van der Waals surface area contributed by atoms with Crippen LogP contribution in [0.2, 0.25) is 0 Å². The second kappa shape index (κ2) is 5.44. The molecule has 3 rings (SSSR count). The van der Waals surface area contributed by atoms with E-state index in [-0.39, 0.29) is 0 Å². The molecule has 0 radical (unpaired) electrons. The lowest BCUT2D eigenvalue weighted by molar-refractivity contribution is 0.437. The Morgan fingerprint density at radius 1 is 1.24 bits per heavy atom. The highest BCUT2D eigenvalue weighted by Crippen LogP contribution is 2.32. The maximum absolute atomic E-state index is 6.08. The normalized spacial score (nSPS) is 11.3. The molecule has 0 bridgehead atoms. The lowest BCUT2D eigenvalue weighted by Gasteiger charge is -2.14. The molecule has 0 unspecified atom stereocenters. The summed E-state index contributed by atoms with van der Waals surface area (Å²) in [4.78, 5) is 8.42. The number of nitrogens with zero attached hydrogens (tertiary/aromatic N) is 4. The molecule has 0 saturated heterocycles. The summed E-state index contributed by atoms with van der Waals surface area (Å²) in [5.74, 6) is 2.31. The van der Waals surface area contributed by atoms with Crippen LogP contribution in [0.25, 0.3) is 5.78 Å². The highest BCUT2D eigenvalue weighted by atomic mass is 79.9. The third-order valence-electron chi connectivity index (χ3n) is 3.16. The van der Waals surface area contributed by atoms with Crippen LogP contribution in [0.3, 0.4) is 0 Å². The molecule has 3 aromatic rings. The molecule has 0 spiro atoms. The second-order valence-corrected chi connectivity index (χ2v) is 6.06. The highest BCUT2D eigenvalue weighted by Gasteiger charge is 2.13. The van der Waals surface area contributed by atoms with Crippen molar-refractivity contribution >= 4 is 21.7 Å². The third-order valence-corrected chi connectivity index (χ3v) is 3.65. The van der Waals surface area contributed by atoms with Gasteiger partial charge in [-0.3, -0.25) is 0 Å². The van der Waals surface area contributed by atoms with E-state index in [2.05, 4.69) is 50.9 Å². The zero-order chi connectivity index (χ0) is 15.0. The fraction of sp³-hybridized carbons (Fsp3) is 0.267. The average molecular weight is 347 g/mol. The Hall–Kier alpha value is -1.95. The first kappa shape index (κ1) is 14.0. The summed E-state index contributed by atoms with van der Waals surface area (Å²) in [6.45, 7) is 6.18. The second-order valence-electron chi connectivity index (χ2n) is 5.15. The Bertz CT molecular complexity index is 797. The van der Waals surface area contributed by atoms with Crippen molar-refractivity contribution in [3.05, 3.63) is 46.3 Å². The molecule has 108 valence electrons. The summed E-state index contributed by atoms with van der Waals surface area (Å²) < 4.78 is 8.71. The number of halogens is 1. The van der Waals surface area contributed by atoms with Crippen LogP contribution in [0.4, 0.5) is 0 Å². The fourth-order valence-electron chi connectivity index (χ4n) is 2.15. The molecule has 21 heavy (non-hydrogen) atoms. The summed E-state index contributed by atoms with van der Waals surface area (Å²) >= 11 is 3.50. The Morgan fingerprint density at radius 2 is 2.05 bits per heavy atom. The van der Waals surface area contributed by atoms with Crippen molar-refractivity contribution in [3.8, 4) is 11.6 Å². The minimum atomic E-state index is 0.353. The number of hydrogen-bond donors (Lipinski definition) is 0. The molecular formula is C15H15BrN4O. The molecule has 0 fully saturated rings. The van der Waals surface area contributed by atoms with Crippen LogP contribution in [0, 0.1) is 6.92 Å². The molecule has 0 saturated carbocycles. The molecule has 0 aliphatic heterocycles. The summed E-state index contributed by atoms with van der Waals surface area (Å²) in [5, 5.41) is 4.16. The van der Waals surface area contributed by atoms with Gasteiger partial charge in [-0.2, -0.15) is 14.6 Å². The topological polar surface area (TPSA) is 52.3 Å². The number of fused-ring (bicyclic) bond motifs is 1. The van der Waals surface area contributed by atoms with Gasteiger partial charge in [0.1, 0.15) is 12.1 Å². The van der Waals surface area contributed by atoms with Crippen molar-refractivity contribution in [3.63, 3.8) is 0 Å². The van der Waals surface area contributed by atoms with Gasteiger partial charge in [-0.05, 0) is 36.6 Å². The molecule has 2 heterocycles. The summed E-state index contributed by atoms with van der Waals surface area (Å²) in [6.07, 6.45) is 1.47. The molecular weight excluding hydrogens is 332 g/mol. The van der Waals surface area contributed by atoms with Crippen molar-refractivity contribution in [2.24, 2.45) is 0 Å². The van der Waals surface area contributed by atoms with Gasteiger partial charge in [0.2, 0.25) is 5.88 Å². The van der Waals surface area contributed by atoms with Crippen LogP contribution < -0.4 is 4.74 Å². The van der Waals surface area contributed by atoms with Gasteiger partial charge < -0.3 is 4.74 Å². The maximum Gasteiger partial charge on any atom is 0.255 e. The number of benzene rings is 1. The number of ether oxygens (including phenoxy) is 1.